The van der Waals surface area contributed by atoms with Crippen LogP contribution < -0.4 is 5.32 Å². The summed E-state index contributed by atoms with van der Waals surface area (Å²) in [6.45, 7) is 3.48. The summed E-state index contributed by atoms with van der Waals surface area (Å²) >= 11 is 0. The molecule has 3 rings (SSSR count). The second-order valence-electron chi connectivity index (χ2n) is 6.55. The van der Waals surface area contributed by atoms with Gasteiger partial charge >= 0.3 is 0 Å². The van der Waals surface area contributed by atoms with Crippen molar-refractivity contribution in [1.29, 1.82) is 0 Å². The van der Waals surface area contributed by atoms with E-state index in [2.05, 4.69) is 52.1 Å². The van der Waals surface area contributed by atoms with Crippen molar-refractivity contribution >= 4 is 5.91 Å². The first kappa shape index (κ1) is 17.9. The summed E-state index contributed by atoms with van der Waals surface area (Å²) in [6, 6.07) is 18.6. The lowest BCUT2D eigenvalue weighted by Gasteiger charge is -2.09. The molecular formula is C22H25N3O. The Bertz CT molecular complexity index is 839. The molecule has 4 nitrogen and oxygen atoms in total. The van der Waals surface area contributed by atoms with Crippen LogP contribution in [-0.2, 0) is 24.2 Å². The van der Waals surface area contributed by atoms with Crippen LogP contribution in [0.4, 0.5) is 0 Å². The van der Waals surface area contributed by atoms with Crippen molar-refractivity contribution in [2.75, 3.05) is 6.54 Å². The number of amides is 1. The molecule has 2 aromatic carbocycles. The number of aryl methyl sites for hydroxylation is 2. The van der Waals surface area contributed by atoms with Crippen LogP contribution in [0.15, 0.2) is 67.0 Å². The number of rotatable bonds is 8. The number of nitrogens with zero attached hydrogens (tertiary/aromatic N) is 2. The first-order valence-corrected chi connectivity index (χ1v) is 9.07. The van der Waals surface area contributed by atoms with Gasteiger partial charge in [0.05, 0.1) is 0 Å². The van der Waals surface area contributed by atoms with Gasteiger partial charge in [0.25, 0.3) is 0 Å². The van der Waals surface area contributed by atoms with E-state index in [0.29, 0.717) is 13.0 Å². The van der Waals surface area contributed by atoms with Crippen LogP contribution in [0, 0.1) is 6.92 Å². The van der Waals surface area contributed by atoms with Crippen LogP contribution in [0.25, 0.3) is 0 Å². The SMILES string of the molecule is Cc1cccc(CCC(=O)NCCc2nccn2Cc2ccccc2)c1. The summed E-state index contributed by atoms with van der Waals surface area (Å²) < 4.78 is 2.13. The van der Waals surface area contributed by atoms with Crippen LogP contribution in [-0.4, -0.2) is 22.0 Å². The average molecular weight is 347 g/mol. The van der Waals surface area contributed by atoms with E-state index < -0.39 is 0 Å². The lowest BCUT2D eigenvalue weighted by molar-refractivity contribution is -0.121. The number of benzene rings is 2. The molecule has 0 spiro atoms. The molecule has 0 atom stereocenters. The molecule has 0 bridgehead atoms. The van der Waals surface area contributed by atoms with Gasteiger partial charge in [-0.3, -0.25) is 4.79 Å². The number of aromatic nitrogens is 2. The van der Waals surface area contributed by atoms with Gasteiger partial charge in [-0.15, -0.1) is 0 Å². The summed E-state index contributed by atoms with van der Waals surface area (Å²) in [5.74, 6) is 1.08. The van der Waals surface area contributed by atoms with Gasteiger partial charge in [-0.25, -0.2) is 4.98 Å². The average Bonchev–Trinajstić information content (AvgIpc) is 3.08. The fourth-order valence-corrected chi connectivity index (χ4v) is 3.02. The van der Waals surface area contributed by atoms with Crippen molar-refractivity contribution in [3.8, 4) is 0 Å². The van der Waals surface area contributed by atoms with Crippen molar-refractivity contribution in [2.45, 2.75) is 32.7 Å². The summed E-state index contributed by atoms with van der Waals surface area (Å²) in [4.78, 5) is 16.5. The summed E-state index contributed by atoms with van der Waals surface area (Å²) in [7, 11) is 0. The third-order valence-electron chi connectivity index (χ3n) is 4.39. The van der Waals surface area contributed by atoms with E-state index in [1.807, 2.05) is 36.7 Å². The molecule has 0 aliphatic carbocycles. The topological polar surface area (TPSA) is 46.9 Å². The Labute approximate surface area is 154 Å². The Kier molecular flexibility index (Phi) is 6.20. The lowest BCUT2D eigenvalue weighted by Crippen LogP contribution is -2.26. The number of hydrogen-bond acceptors (Lipinski definition) is 2. The minimum Gasteiger partial charge on any atom is -0.356 e. The van der Waals surface area contributed by atoms with E-state index in [1.165, 1.54) is 16.7 Å². The molecule has 0 radical (unpaired) electrons. The van der Waals surface area contributed by atoms with Gasteiger partial charge in [0.1, 0.15) is 5.82 Å². The number of carbonyl (C=O) groups is 1. The highest BCUT2D eigenvalue weighted by molar-refractivity contribution is 5.76. The predicted molar refractivity (Wildman–Crippen MR) is 104 cm³/mol. The molecule has 0 fully saturated rings. The number of nitrogens with one attached hydrogen (secondary N) is 1. The smallest absolute Gasteiger partial charge is 0.220 e. The highest BCUT2D eigenvalue weighted by Crippen LogP contribution is 2.07. The van der Waals surface area contributed by atoms with Crippen LogP contribution in [0.2, 0.25) is 0 Å². The van der Waals surface area contributed by atoms with E-state index in [-0.39, 0.29) is 5.91 Å². The Hall–Kier alpha value is -2.88. The van der Waals surface area contributed by atoms with Gasteiger partial charge in [0.15, 0.2) is 0 Å². The largest absolute Gasteiger partial charge is 0.356 e. The van der Waals surface area contributed by atoms with Gasteiger partial charge in [0, 0.05) is 38.3 Å². The Morgan fingerprint density at radius 2 is 1.85 bits per heavy atom. The Morgan fingerprint density at radius 3 is 2.65 bits per heavy atom. The Balaban J connectivity index is 1.43. The maximum atomic E-state index is 12.1. The molecule has 1 amide bonds. The fraction of sp³-hybridized carbons (Fsp3) is 0.273. The molecule has 0 aliphatic heterocycles. The minimum atomic E-state index is 0.0904. The van der Waals surface area contributed by atoms with Crippen LogP contribution >= 0.6 is 0 Å². The zero-order chi connectivity index (χ0) is 18.2. The number of imidazole rings is 1. The molecule has 3 aromatic rings. The highest BCUT2D eigenvalue weighted by Gasteiger charge is 2.06. The second-order valence-corrected chi connectivity index (χ2v) is 6.55. The van der Waals surface area contributed by atoms with Crippen molar-refractivity contribution in [3.05, 3.63) is 89.5 Å². The molecule has 1 heterocycles. The van der Waals surface area contributed by atoms with Crippen LogP contribution in [0.1, 0.15) is 28.9 Å². The molecule has 26 heavy (non-hydrogen) atoms. The van der Waals surface area contributed by atoms with Gasteiger partial charge in [-0.05, 0) is 24.5 Å². The molecule has 0 saturated carbocycles. The van der Waals surface area contributed by atoms with Gasteiger partial charge < -0.3 is 9.88 Å². The van der Waals surface area contributed by atoms with Gasteiger partial charge in [-0.1, -0.05) is 60.2 Å². The quantitative estimate of drug-likeness (QED) is 0.677. The molecule has 1 aromatic heterocycles. The van der Waals surface area contributed by atoms with Crippen molar-refractivity contribution in [1.82, 2.24) is 14.9 Å². The van der Waals surface area contributed by atoms with E-state index in [9.17, 15) is 4.79 Å². The number of hydrogen-bond donors (Lipinski definition) is 1. The molecule has 1 N–H and O–H groups in total. The monoisotopic (exact) mass is 347 g/mol. The molecule has 134 valence electrons. The first-order valence-electron chi connectivity index (χ1n) is 9.07. The Morgan fingerprint density at radius 1 is 1.04 bits per heavy atom. The van der Waals surface area contributed by atoms with Gasteiger partial charge in [0.2, 0.25) is 5.91 Å². The van der Waals surface area contributed by atoms with E-state index in [4.69, 9.17) is 0 Å². The molecule has 4 heteroatoms. The number of carbonyl (C=O) groups excluding carboxylic acids is 1. The highest BCUT2D eigenvalue weighted by atomic mass is 16.1. The molecule has 0 saturated heterocycles. The molecule has 0 unspecified atom stereocenters. The van der Waals surface area contributed by atoms with Gasteiger partial charge in [-0.2, -0.15) is 0 Å². The third-order valence-corrected chi connectivity index (χ3v) is 4.39. The third kappa shape index (κ3) is 5.31. The van der Waals surface area contributed by atoms with Crippen LogP contribution in [0.5, 0.6) is 0 Å². The zero-order valence-corrected chi connectivity index (χ0v) is 15.2. The van der Waals surface area contributed by atoms with Crippen molar-refractivity contribution in [2.24, 2.45) is 0 Å². The normalized spacial score (nSPS) is 10.7. The zero-order valence-electron chi connectivity index (χ0n) is 15.2. The first-order chi connectivity index (χ1) is 12.7. The predicted octanol–water partition coefficient (Wildman–Crippen LogP) is 3.53. The fourth-order valence-electron chi connectivity index (χ4n) is 3.02. The van der Waals surface area contributed by atoms with Crippen molar-refractivity contribution < 1.29 is 4.79 Å². The van der Waals surface area contributed by atoms with E-state index >= 15 is 0 Å². The summed E-state index contributed by atoms with van der Waals surface area (Å²) in [5.41, 5.74) is 3.68. The summed E-state index contributed by atoms with van der Waals surface area (Å²) in [6.07, 6.45) is 5.83. The van der Waals surface area contributed by atoms with Crippen LogP contribution in [0.3, 0.4) is 0 Å². The second kappa shape index (κ2) is 8.99. The maximum absolute atomic E-state index is 12.1. The minimum absolute atomic E-state index is 0.0904. The lowest BCUT2D eigenvalue weighted by atomic mass is 10.1. The summed E-state index contributed by atoms with van der Waals surface area (Å²) in [5, 5.41) is 3.00. The van der Waals surface area contributed by atoms with E-state index in [1.54, 1.807) is 0 Å². The van der Waals surface area contributed by atoms with E-state index in [0.717, 1.165) is 25.2 Å². The molecular weight excluding hydrogens is 322 g/mol. The standard InChI is InChI=1S/C22H25N3O/c1-18-6-5-9-19(16-18)10-11-22(26)24-13-12-21-23-14-15-25(21)17-20-7-3-2-4-8-20/h2-9,14-16H,10-13,17H2,1H3,(H,24,26). The molecule has 0 aliphatic rings. The maximum Gasteiger partial charge on any atom is 0.220 e. The van der Waals surface area contributed by atoms with Crippen molar-refractivity contribution in [3.63, 3.8) is 0 Å².